The molecule has 61 heavy (non-hydrogen) atoms. The lowest BCUT2D eigenvalue weighted by molar-refractivity contribution is -0.143. The van der Waals surface area contributed by atoms with E-state index < -0.39 is 12.1 Å². The minimum absolute atomic E-state index is 0.00822. The molecule has 0 aliphatic heterocycles. The second-order valence-corrected chi connectivity index (χ2v) is 18.6. The Morgan fingerprint density at radius 2 is 0.787 bits per heavy atom. The van der Waals surface area contributed by atoms with Crippen LogP contribution in [0.15, 0.2) is 24.3 Å². The Bertz CT molecular complexity index is 951. The monoisotopic (exact) mass is 860 g/mol. The van der Waals surface area contributed by atoms with Crippen molar-refractivity contribution in [3.05, 3.63) is 24.3 Å². The molecule has 0 aliphatic rings. The molecule has 0 bridgehead atoms. The van der Waals surface area contributed by atoms with Crippen LogP contribution in [0.25, 0.3) is 0 Å². The maximum Gasteiger partial charge on any atom is 0.305 e. The molecule has 0 aromatic carbocycles. The Labute approximate surface area is 380 Å². The summed E-state index contributed by atoms with van der Waals surface area (Å²) in [4.78, 5) is 24.4. The first-order valence-corrected chi connectivity index (χ1v) is 27.1. The summed E-state index contributed by atoms with van der Waals surface area (Å²) >= 11 is 0. The summed E-state index contributed by atoms with van der Waals surface area (Å²) < 4.78 is 5.44. The highest BCUT2D eigenvalue weighted by atomic mass is 16.5. The number of hydrogen-bond donors (Lipinski definition) is 3. The molecule has 0 aliphatic carbocycles. The first-order valence-electron chi connectivity index (χ1n) is 27.1. The molecule has 6 heteroatoms. The summed E-state index contributed by atoms with van der Waals surface area (Å²) in [5.74, 6) is -0.0569. The molecule has 0 radical (unpaired) electrons. The number of nitrogens with one attached hydrogen (secondary N) is 1. The quantitative estimate of drug-likeness (QED) is 0.0322. The first-order chi connectivity index (χ1) is 30.0. The molecule has 2 unspecified atom stereocenters. The van der Waals surface area contributed by atoms with Gasteiger partial charge in [-0.1, -0.05) is 231 Å². The van der Waals surface area contributed by atoms with Crippen molar-refractivity contribution in [1.82, 2.24) is 5.32 Å². The average Bonchev–Trinajstić information content (AvgIpc) is 3.26. The number of rotatable bonds is 50. The van der Waals surface area contributed by atoms with Crippen LogP contribution in [0.1, 0.15) is 290 Å². The van der Waals surface area contributed by atoms with Crippen LogP contribution in [0.2, 0.25) is 0 Å². The van der Waals surface area contributed by atoms with Crippen LogP contribution in [-0.2, 0) is 14.3 Å². The van der Waals surface area contributed by atoms with E-state index in [1.54, 1.807) is 0 Å². The van der Waals surface area contributed by atoms with Crippen molar-refractivity contribution in [2.75, 3.05) is 13.2 Å². The minimum atomic E-state index is -0.672. The van der Waals surface area contributed by atoms with E-state index in [2.05, 4.69) is 43.5 Å². The lowest BCUT2D eigenvalue weighted by Gasteiger charge is -2.22. The van der Waals surface area contributed by atoms with E-state index in [0.29, 0.717) is 25.9 Å². The van der Waals surface area contributed by atoms with Crippen LogP contribution in [0.4, 0.5) is 0 Å². The van der Waals surface area contributed by atoms with E-state index in [-0.39, 0.29) is 18.5 Å². The minimum Gasteiger partial charge on any atom is -0.466 e. The van der Waals surface area contributed by atoms with Crippen molar-refractivity contribution in [1.29, 1.82) is 0 Å². The molecule has 0 saturated carbocycles. The molecule has 0 aromatic rings. The van der Waals surface area contributed by atoms with Gasteiger partial charge in [-0.2, -0.15) is 0 Å². The summed E-state index contributed by atoms with van der Waals surface area (Å²) in [6.45, 7) is 4.90. The van der Waals surface area contributed by atoms with Gasteiger partial charge >= 0.3 is 5.97 Å². The summed E-state index contributed by atoms with van der Waals surface area (Å²) in [7, 11) is 0. The molecule has 0 rings (SSSR count). The molecule has 0 saturated heterocycles. The number of hydrogen-bond acceptors (Lipinski definition) is 5. The number of ether oxygens (including phenoxy) is 1. The summed E-state index contributed by atoms with van der Waals surface area (Å²) in [5.41, 5.74) is 0. The lowest BCUT2D eigenvalue weighted by atomic mass is 10.0. The largest absolute Gasteiger partial charge is 0.466 e. The third-order valence-corrected chi connectivity index (χ3v) is 12.5. The predicted molar refractivity (Wildman–Crippen MR) is 264 cm³/mol. The van der Waals surface area contributed by atoms with Gasteiger partial charge in [0.15, 0.2) is 0 Å². The average molecular weight is 860 g/mol. The highest BCUT2D eigenvalue weighted by Gasteiger charge is 2.20. The number of unbranched alkanes of at least 4 members (excludes halogenated alkanes) is 35. The predicted octanol–water partition coefficient (Wildman–Crippen LogP) is 16.3. The Balaban J connectivity index is 3.46. The fourth-order valence-electron chi connectivity index (χ4n) is 8.26. The van der Waals surface area contributed by atoms with Crippen LogP contribution < -0.4 is 5.32 Å². The van der Waals surface area contributed by atoms with Gasteiger partial charge in [-0.05, 0) is 70.6 Å². The second-order valence-electron chi connectivity index (χ2n) is 18.6. The van der Waals surface area contributed by atoms with Gasteiger partial charge in [0.05, 0.1) is 25.4 Å². The van der Waals surface area contributed by atoms with Crippen LogP contribution in [-0.4, -0.2) is 47.4 Å². The topological polar surface area (TPSA) is 95.9 Å². The van der Waals surface area contributed by atoms with Crippen LogP contribution in [0.3, 0.4) is 0 Å². The fourth-order valence-corrected chi connectivity index (χ4v) is 8.26. The second kappa shape index (κ2) is 51.0. The lowest BCUT2D eigenvalue weighted by Crippen LogP contribution is -2.45. The van der Waals surface area contributed by atoms with E-state index in [0.717, 1.165) is 57.8 Å². The molecule has 3 N–H and O–H groups in total. The number of carbonyl (C=O) groups excluding carboxylic acids is 2. The summed E-state index contributed by atoms with van der Waals surface area (Å²) in [5, 5.41) is 23.2. The first kappa shape index (κ1) is 59.3. The Morgan fingerprint density at radius 1 is 0.443 bits per heavy atom. The zero-order valence-corrected chi connectivity index (χ0v) is 40.9. The smallest absolute Gasteiger partial charge is 0.305 e. The van der Waals surface area contributed by atoms with Crippen molar-refractivity contribution in [3.8, 4) is 0 Å². The molecule has 360 valence electrons. The van der Waals surface area contributed by atoms with Crippen molar-refractivity contribution in [2.24, 2.45) is 0 Å². The molecule has 0 fully saturated rings. The molecule has 0 aromatic heterocycles. The zero-order valence-electron chi connectivity index (χ0n) is 40.9. The number of aliphatic hydroxyl groups excluding tert-OH is 2. The normalized spacial score (nSPS) is 12.8. The molecule has 6 nitrogen and oxygen atoms in total. The third-order valence-electron chi connectivity index (χ3n) is 12.5. The Kier molecular flexibility index (Phi) is 49.6. The molecular formula is C55H105NO5. The number of carbonyl (C=O) groups is 2. The third kappa shape index (κ3) is 47.7. The zero-order chi connectivity index (χ0) is 44.4. The van der Waals surface area contributed by atoms with Crippen molar-refractivity contribution >= 4 is 11.9 Å². The molecule has 0 heterocycles. The molecule has 1 amide bonds. The maximum absolute atomic E-state index is 12.5. The maximum atomic E-state index is 12.5. The fraction of sp³-hybridized carbons (Fsp3) is 0.891. The highest BCUT2D eigenvalue weighted by Crippen LogP contribution is 2.16. The van der Waals surface area contributed by atoms with E-state index in [1.165, 1.54) is 199 Å². The molecule has 0 spiro atoms. The molecular weight excluding hydrogens is 755 g/mol. The van der Waals surface area contributed by atoms with Gasteiger partial charge in [0.1, 0.15) is 0 Å². The Morgan fingerprint density at radius 3 is 1.21 bits per heavy atom. The summed E-state index contributed by atoms with van der Waals surface area (Å²) in [6.07, 6.45) is 60.1. The van der Waals surface area contributed by atoms with Crippen LogP contribution >= 0.6 is 0 Å². The van der Waals surface area contributed by atoms with Gasteiger partial charge in [-0.3, -0.25) is 9.59 Å². The van der Waals surface area contributed by atoms with Crippen LogP contribution in [0, 0.1) is 0 Å². The van der Waals surface area contributed by atoms with E-state index >= 15 is 0 Å². The number of aliphatic hydroxyl groups is 2. The summed E-state index contributed by atoms with van der Waals surface area (Å²) in [6, 6.07) is -0.551. The van der Waals surface area contributed by atoms with Gasteiger partial charge in [-0.25, -0.2) is 0 Å². The van der Waals surface area contributed by atoms with Crippen molar-refractivity contribution < 1.29 is 24.5 Å². The van der Waals surface area contributed by atoms with E-state index in [9.17, 15) is 19.8 Å². The number of esters is 1. The van der Waals surface area contributed by atoms with Gasteiger partial charge in [0, 0.05) is 12.8 Å². The van der Waals surface area contributed by atoms with E-state index in [4.69, 9.17) is 4.74 Å². The number of amides is 1. The molecule has 2 atom stereocenters. The Hall–Kier alpha value is -1.66. The van der Waals surface area contributed by atoms with Gasteiger partial charge in [0.2, 0.25) is 5.91 Å². The SMILES string of the molecule is CCCC/C=C\CCCCCCCC(=O)OCCCCCCCCCCC/C=C\CCCCCCCC(=O)NC(CO)C(O)CCCCCCCCCCCCCCCCC. The highest BCUT2D eigenvalue weighted by molar-refractivity contribution is 5.76. The van der Waals surface area contributed by atoms with Gasteiger partial charge in [-0.15, -0.1) is 0 Å². The van der Waals surface area contributed by atoms with Crippen molar-refractivity contribution in [2.45, 2.75) is 302 Å². The number of allylic oxidation sites excluding steroid dienone is 4. The van der Waals surface area contributed by atoms with Crippen molar-refractivity contribution in [3.63, 3.8) is 0 Å². The standard InChI is InChI=1S/C55H105NO5/c1-3-5-7-9-11-13-15-16-21-24-28-31-35-39-43-47-53(58)52(51-57)56-54(59)48-44-40-36-32-29-25-22-19-17-18-20-23-26-30-34-38-42-46-50-61-55(60)49-45-41-37-33-27-14-12-10-8-6-4-2/h10,12,19,22,52-53,57-58H,3-9,11,13-18,20-21,23-51H2,1-2H3,(H,56,59)/b12-10-,22-19-. The van der Waals surface area contributed by atoms with E-state index in [1.807, 2.05) is 0 Å². The van der Waals surface area contributed by atoms with Gasteiger partial charge in [0.25, 0.3) is 0 Å². The van der Waals surface area contributed by atoms with Gasteiger partial charge < -0.3 is 20.3 Å². The van der Waals surface area contributed by atoms with Crippen LogP contribution in [0.5, 0.6) is 0 Å².